The van der Waals surface area contributed by atoms with Crippen molar-refractivity contribution in [2.45, 2.75) is 45.8 Å². The Morgan fingerprint density at radius 2 is 1.86 bits per heavy atom. The molecular weight excluding hydrogens is 264 g/mol. The lowest BCUT2D eigenvalue weighted by Gasteiger charge is -2.25. The zero-order valence-electron chi connectivity index (χ0n) is 9.51. The second kappa shape index (κ2) is 5.50. The third-order valence-corrected chi connectivity index (χ3v) is 6.45. The van der Waals surface area contributed by atoms with Crippen LogP contribution >= 0.6 is 15.9 Å². The highest BCUT2D eigenvalue weighted by Crippen LogP contribution is 2.28. The summed E-state index contributed by atoms with van der Waals surface area (Å²) in [6.07, 6.45) is 1.75. The van der Waals surface area contributed by atoms with Gasteiger partial charge in [0.05, 0.1) is 11.0 Å². The highest BCUT2D eigenvalue weighted by molar-refractivity contribution is 9.09. The summed E-state index contributed by atoms with van der Waals surface area (Å²) < 4.78 is 23.2. The first kappa shape index (κ1) is 14.4. The highest BCUT2D eigenvalue weighted by atomic mass is 79.9. The Labute approximate surface area is 96.5 Å². The van der Waals surface area contributed by atoms with E-state index in [0.29, 0.717) is 5.75 Å². The van der Waals surface area contributed by atoms with Gasteiger partial charge in [0.1, 0.15) is 0 Å². The monoisotopic (exact) mass is 284 g/mol. The SMILES string of the molecule is CCC(C)(CBr)CCS(=O)(=O)C(C)C. The maximum atomic E-state index is 11.6. The lowest BCUT2D eigenvalue weighted by Crippen LogP contribution is -2.25. The van der Waals surface area contributed by atoms with Crippen LogP contribution in [0.4, 0.5) is 0 Å². The van der Waals surface area contributed by atoms with E-state index in [0.717, 1.165) is 18.2 Å². The molecule has 1 atom stereocenters. The maximum absolute atomic E-state index is 11.6. The van der Waals surface area contributed by atoms with Gasteiger partial charge in [-0.2, -0.15) is 0 Å². The highest BCUT2D eigenvalue weighted by Gasteiger charge is 2.25. The summed E-state index contributed by atoms with van der Waals surface area (Å²) in [4.78, 5) is 0. The second-order valence-corrected chi connectivity index (χ2v) is 7.70. The molecule has 86 valence electrons. The molecule has 0 aliphatic rings. The Morgan fingerprint density at radius 3 is 2.14 bits per heavy atom. The van der Waals surface area contributed by atoms with E-state index in [-0.39, 0.29) is 10.7 Å². The molecule has 0 heterocycles. The van der Waals surface area contributed by atoms with E-state index in [1.54, 1.807) is 13.8 Å². The zero-order chi connectivity index (χ0) is 11.4. The van der Waals surface area contributed by atoms with Gasteiger partial charge in [-0.1, -0.05) is 29.8 Å². The number of hydrogen-bond acceptors (Lipinski definition) is 2. The van der Waals surface area contributed by atoms with E-state index in [2.05, 4.69) is 29.8 Å². The quantitative estimate of drug-likeness (QED) is 0.703. The third-order valence-electron chi connectivity index (χ3n) is 2.88. The van der Waals surface area contributed by atoms with Gasteiger partial charge in [-0.15, -0.1) is 0 Å². The smallest absolute Gasteiger partial charge is 0.152 e. The van der Waals surface area contributed by atoms with Gasteiger partial charge in [-0.3, -0.25) is 0 Å². The zero-order valence-corrected chi connectivity index (χ0v) is 11.9. The van der Waals surface area contributed by atoms with Crippen LogP contribution in [0.25, 0.3) is 0 Å². The summed E-state index contributed by atoms with van der Waals surface area (Å²) in [5.41, 5.74) is 0.113. The minimum absolute atomic E-state index is 0.113. The molecule has 0 aliphatic heterocycles. The molecule has 0 fully saturated rings. The van der Waals surface area contributed by atoms with Crippen LogP contribution in [0, 0.1) is 5.41 Å². The second-order valence-electron chi connectivity index (χ2n) is 4.46. The van der Waals surface area contributed by atoms with Crippen molar-refractivity contribution in [2.75, 3.05) is 11.1 Å². The van der Waals surface area contributed by atoms with Gasteiger partial charge in [0.15, 0.2) is 9.84 Å². The summed E-state index contributed by atoms with van der Waals surface area (Å²) in [5, 5.41) is 0.614. The molecule has 0 amide bonds. The molecule has 0 N–H and O–H groups in total. The summed E-state index contributed by atoms with van der Waals surface area (Å²) in [6, 6.07) is 0. The van der Waals surface area contributed by atoms with Gasteiger partial charge in [-0.05, 0) is 32.1 Å². The number of alkyl halides is 1. The van der Waals surface area contributed by atoms with Gasteiger partial charge in [-0.25, -0.2) is 8.42 Å². The average molecular weight is 285 g/mol. The molecule has 4 heteroatoms. The molecule has 0 radical (unpaired) electrons. The molecule has 14 heavy (non-hydrogen) atoms. The van der Waals surface area contributed by atoms with E-state index in [4.69, 9.17) is 0 Å². The number of halogens is 1. The first-order valence-electron chi connectivity index (χ1n) is 5.05. The summed E-state index contributed by atoms with van der Waals surface area (Å²) >= 11 is 3.44. The van der Waals surface area contributed by atoms with E-state index in [1.165, 1.54) is 0 Å². The molecular formula is C10H21BrO2S. The van der Waals surface area contributed by atoms with Crippen LogP contribution in [0.2, 0.25) is 0 Å². The molecule has 0 spiro atoms. The maximum Gasteiger partial charge on any atom is 0.152 e. The third kappa shape index (κ3) is 4.30. The Morgan fingerprint density at radius 1 is 1.36 bits per heavy atom. The number of sulfone groups is 1. The van der Waals surface area contributed by atoms with Crippen LogP contribution in [0.1, 0.15) is 40.5 Å². The van der Waals surface area contributed by atoms with Crippen LogP contribution in [-0.4, -0.2) is 24.8 Å². The number of hydrogen-bond donors (Lipinski definition) is 0. The van der Waals surface area contributed by atoms with Crippen LogP contribution in [0.15, 0.2) is 0 Å². The van der Waals surface area contributed by atoms with Crippen molar-refractivity contribution in [3.63, 3.8) is 0 Å². The lowest BCUT2D eigenvalue weighted by atomic mass is 9.87. The Hall–Kier alpha value is 0.430. The lowest BCUT2D eigenvalue weighted by molar-refractivity contribution is 0.350. The largest absolute Gasteiger partial charge is 0.229 e. The van der Waals surface area contributed by atoms with Crippen molar-refractivity contribution in [1.29, 1.82) is 0 Å². The molecule has 2 nitrogen and oxygen atoms in total. The fourth-order valence-corrected chi connectivity index (χ4v) is 2.89. The fraction of sp³-hybridized carbons (Fsp3) is 1.00. The predicted octanol–water partition coefficient (Wildman–Crippen LogP) is 3.01. The number of rotatable bonds is 6. The molecule has 1 unspecified atom stereocenters. The van der Waals surface area contributed by atoms with E-state index in [1.807, 2.05) is 0 Å². The van der Waals surface area contributed by atoms with Gasteiger partial charge in [0, 0.05) is 5.33 Å². The van der Waals surface area contributed by atoms with Crippen LogP contribution in [0.3, 0.4) is 0 Å². The summed E-state index contributed by atoms with van der Waals surface area (Å²) in [6.45, 7) is 7.71. The normalized spacial score (nSPS) is 17.0. The molecule has 0 aromatic carbocycles. The van der Waals surface area contributed by atoms with Gasteiger partial charge in [0.2, 0.25) is 0 Å². The standard InChI is InChI=1S/C10H21BrO2S/c1-5-10(4,8-11)6-7-14(12,13)9(2)3/h9H,5-8H2,1-4H3. The summed E-state index contributed by atoms with van der Waals surface area (Å²) in [5.74, 6) is 0.306. The Kier molecular flexibility index (Phi) is 5.67. The van der Waals surface area contributed by atoms with Crippen molar-refractivity contribution in [3.05, 3.63) is 0 Å². The topological polar surface area (TPSA) is 34.1 Å². The predicted molar refractivity (Wildman–Crippen MR) is 65.7 cm³/mol. The van der Waals surface area contributed by atoms with E-state index >= 15 is 0 Å². The fourth-order valence-electron chi connectivity index (χ4n) is 0.962. The van der Waals surface area contributed by atoms with Crippen molar-refractivity contribution in [1.82, 2.24) is 0 Å². The first-order valence-corrected chi connectivity index (χ1v) is 7.88. The van der Waals surface area contributed by atoms with Crippen molar-refractivity contribution in [2.24, 2.45) is 5.41 Å². The van der Waals surface area contributed by atoms with Gasteiger partial charge < -0.3 is 0 Å². The Bertz CT molecular complexity index is 253. The van der Waals surface area contributed by atoms with Gasteiger partial charge in [0.25, 0.3) is 0 Å². The first-order chi connectivity index (χ1) is 6.27. The van der Waals surface area contributed by atoms with Crippen molar-refractivity contribution >= 4 is 25.8 Å². The van der Waals surface area contributed by atoms with Gasteiger partial charge >= 0.3 is 0 Å². The molecule has 0 aromatic rings. The van der Waals surface area contributed by atoms with Crippen LogP contribution in [0.5, 0.6) is 0 Å². The summed E-state index contributed by atoms with van der Waals surface area (Å²) in [7, 11) is -2.87. The van der Waals surface area contributed by atoms with E-state index in [9.17, 15) is 8.42 Å². The molecule has 0 aliphatic carbocycles. The molecule has 0 bridgehead atoms. The molecule has 0 saturated heterocycles. The molecule has 0 aromatic heterocycles. The minimum Gasteiger partial charge on any atom is -0.229 e. The average Bonchev–Trinajstić information content (AvgIpc) is 2.14. The van der Waals surface area contributed by atoms with Crippen molar-refractivity contribution < 1.29 is 8.42 Å². The minimum atomic E-state index is -2.87. The van der Waals surface area contributed by atoms with E-state index < -0.39 is 9.84 Å². The molecule has 0 saturated carbocycles. The Balaban J connectivity index is 4.31. The van der Waals surface area contributed by atoms with Crippen LogP contribution < -0.4 is 0 Å². The van der Waals surface area contributed by atoms with Crippen molar-refractivity contribution in [3.8, 4) is 0 Å². The van der Waals surface area contributed by atoms with Crippen LogP contribution in [-0.2, 0) is 9.84 Å². The molecule has 0 rings (SSSR count).